The van der Waals surface area contributed by atoms with Crippen molar-refractivity contribution in [2.75, 3.05) is 48.7 Å². The van der Waals surface area contributed by atoms with Gasteiger partial charge in [0.05, 0.1) is 19.1 Å². The van der Waals surface area contributed by atoms with Gasteiger partial charge < -0.3 is 14.5 Å². The summed E-state index contributed by atoms with van der Waals surface area (Å²) in [5.41, 5.74) is 1.09. The van der Waals surface area contributed by atoms with Gasteiger partial charge in [0.2, 0.25) is 15.9 Å². The minimum atomic E-state index is -3.81. The lowest BCUT2D eigenvalue weighted by molar-refractivity contribution is -0.132. The van der Waals surface area contributed by atoms with Gasteiger partial charge in [-0.2, -0.15) is 0 Å². The summed E-state index contributed by atoms with van der Waals surface area (Å²) in [4.78, 5) is 16.9. The zero-order chi connectivity index (χ0) is 22.8. The Kier molecular flexibility index (Phi) is 6.96. The zero-order valence-electron chi connectivity index (χ0n) is 17.6. The van der Waals surface area contributed by atoms with Gasteiger partial charge in [-0.15, -0.1) is 0 Å². The third kappa shape index (κ3) is 5.22. The van der Waals surface area contributed by atoms with Gasteiger partial charge in [0, 0.05) is 36.9 Å². The molecule has 0 aromatic heterocycles. The van der Waals surface area contributed by atoms with Crippen LogP contribution in [0.15, 0.2) is 42.5 Å². The van der Waals surface area contributed by atoms with E-state index in [9.17, 15) is 17.6 Å². The molecule has 1 fully saturated rings. The molecule has 1 aliphatic heterocycles. The largest absolute Gasteiger partial charge is 0.495 e. The van der Waals surface area contributed by atoms with E-state index in [1.165, 1.54) is 25.3 Å². The molecular formula is C21H25ClFN3O4S. The second-order valence-corrected chi connectivity index (χ2v) is 9.64. The van der Waals surface area contributed by atoms with Crippen molar-refractivity contribution in [2.45, 2.75) is 13.0 Å². The van der Waals surface area contributed by atoms with Gasteiger partial charge in [0.1, 0.15) is 17.6 Å². The lowest BCUT2D eigenvalue weighted by Crippen LogP contribution is -2.55. The van der Waals surface area contributed by atoms with Crippen LogP contribution in [-0.4, -0.2) is 64.8 Å². The summed E-state index contributed by atoms with van der Waals surface area (Å²) in [6.45, 7) is 3.51. The van der Waals surface area contributed by atoms with Crippen molar-refractivity contribution in [3.8, 4) is 5.75 Å². The fraction of sp³-hybridized carbons (Fsp3) is 0.381. The van der Waals surface area contributed by atoms with Crippen LogP contribution in [0, 0.1) is 5.82 Å². The molecule has 0 N–H and O–H groups in total. The number of halogens is 2. The molecule has 0 saturated carbocycles. The minimum Gasteiger partial charge on any atom is -0.495 e. The Morgan fingerprint density at radius 3 is 2.29 bits per heavy atom. The molecule has 0 radical (unpaired) electrons. The lowest BCUT2D eigenvalue weighted by atomic mass is 10.2. The van der Waals surface area contributed by atoms with Crippen LogP contribution >= 0.6 is 11.6 Å². The summed E-state index contributed by atoms with van der Waals surface area (Å²) in [6.07, 6.45) is 1.05. The number of benzene rings is 2. The van der Waals surface area contributed by atoms with Crippen molar-refractivity contribution in [1.29, 1.82) is 0 Å². The smallest absolute Gasteiger partial charge is 0.246 e. The molecule has 3 rings (SSSR count). The van der Waals surface area contributed by atoms with Crippen LogP contribution in [0.3, 0.4) is 0 Å². The summed E-state index contributed by atoms with van der Waals surface area (Å²) in [7, 11) is -2.38. The Labute approximate surface area is 187 Å². The normalized spacial score (nSPS) is 15.5. The van der Waals surface area contributed by atoms with Crippen LogP contribution < -0.4 is 13.9 Å². The molecule has 1 aliphatic rings. The number of carbonyl (C=O) groups excluding carboxylic acids is 1. The molecule has 2 aromatic rings. The first-order valence-corrected chi connectivity index (χ1v) is 12.0. The van der Waals surface area contributed by atoms with E-state index in [0.717, 1.165) is 16.2 Å². The molecule has 2 aromatic carbocycles. The monoisotopic (exact) mass is 469 g/mol. The number of hydrogen-bond donors (Lipinski definition) is 0. The molecule has 1 heterocycles. The highest BCUT2D eigenvalue weighted by molar-refractivity contribution is 7.92. The van der Waals surface area contributed by atoms with Crippen molar-refractivity contribution < 1.29 is 22.3 Å². The third-order valence-electron chi connectivity index (χ3n) is 5.23. The first-order chi connectivity index (χ1) is 14.6. The highest BCUT2D eigenvalue weighted by atomic mass is 35.5. The Hall–Kier alpha value is -2.52. The van der Waals surface area contributed by atoms with Gasteiger partial charge in [-0.3, -0.25) is 9.10 Å². The van der Waals surface area contributed by atoms with Crippen molar-refractivity contribution in [2.24, 2.45) is 0 Å². The maximum atomic E-state index is 13.2. The summed E-state index contributed by atoms with van der Waals surface area (Å²) in [5, 5.41) is 0.331. The lowest BCUT2D eigenvalue weighted by Gasteiger charge is -2.39. The number of nitrogens with zero attached hydrogens (tertiary/aromatic N) is 3. The summed E-state index contributed by atoms with van der Waals surface area (Å²) < 4.78 is 44.8. The number of sulfonamides is 1. The van der Waals surface area contributed by atoms with Gasteiger partial charge in [0.25, 0.3) is 0 Å². The van der Waals surface area contributed by atoms with Gasteiger partial charge in [-0.25, -0.2) is 12.8 Å². The van der Waals surface area contributed by atoms with Gasteiger partial charge in [-0.05, 0) is 49.4 Å². The van der Waals surface area contributed by atoms with Crippen LogP contribution in [0.25, 0.3) is 0 Å². The number of ether oxygens (including phenoxy) is 1. The van der Waals surface area contributed by atoms with E-state index in [2.05, 4.69) is 4.90 Å². The summed E-state index contributed by atoms with van der Waals surface area (Å²) >= 11 is 6.08. The zero-order valence-corrected chi connectivity index (χ0v) is 19.2. The molecule has 10 heteroatoms. The van der Waals surface area contributed by atoms with E-state index in [1.807, 2.05) is 0 Å². The Morgan fingerprint density at radius 1 is 1.13 bits per heavy atom. The van der Waals surface area contributed by atoms with Crippen molar-refractivity contribution >= 4 is 38.9 Å². The molecular weight excluding hydrogens is 445 g/mol. The van der Waals surface area contributed by atoms with Crippen LogP contribution in [0.2, 0.25) is 5.02 Å². The number of methoxy groups -OCH3 is 1. The van der Waals surface area contributed by atoms with Crippen LogP contribution in [0.1, 0.15) is 6.92 Å². The molecule has 0 unspecified atom stereocenters. The molecule has 0 bridgehead atoms. The highest BCUT2D eigenvalue weighted by Crippen LogP contribution is 2.34. The number of piperazine rings is 1. The van der Waals surface area contributed by atoms with Gasteiger partial charge in [-0.1, -0.05) is 11.6 Å². The second kappa shape index (κ2) is 9.32. The molecule has 1 atom stereocenters. The average molecular weight is 470 g/mol. The molecule has 0 aliphatic carbocycles. The molecule has 31 heavy (non-hydrogen) atoms. The number of hydrogen-bond acceptors (Lipinski definition) is 5. The van der Waals surface area contributed by atoms with E-state index in [-0.39, 0.29) is 17.4 Å². The summed E-state index contributed by atoms with van der Waals surface area (Å²) in [6, 6.07) is 9.84. The Morgan fingerprint density at radius 2 is 1.74 bits per heavy atom. The second-order valence-electron chi connectivity index (χ2n) is 7.34. The molecule has 7 nitrogen and oxygen atoms in total. The molecule has 1 saturated heterocycles. The fourth-order valence-corrected chi connectivity index (χ4v) is 5.04. The van der Waals surface area contributed by atoms with Crippen molar-refractivity contribution in [1.82, 2.24) is 4.90 Å². The number of rotatable bonds is 6. The van der Waals surface area contributed by atoms with Gasteiger partial charge >= 0.3 is 0 Å². The van der Waals surface area contributed by atoms with E-state index in [4.69, 9.17) is 16.3 Å². The first kappa shape index (κ1) is 23.1. The highest BCUT2D eigenvalue weighted by Gasteiger charge is 2.35. The van der Waals surface area contributed by atoms with Crippen molar-refractivity contribution in [3.05, 3.63) is 53.3 Å². The van der Waals surface area contributed by atoms with E-state index in [0.29, 0.717) is 37.0 Å². The Balaban J connectivity index is 1.79. The predicted molar refractivity (Wildman–Crippen MR) is 120 cm³/mol. The van der Waals surface area contributed by atoms with E-state index < -0.39 is 16.1 Å². The molecule has 168 valence electrons. The SMILES string of the molecule is COc1ccc(Cl)cc1N([C@@H](C)C(=O)N1CCN(c2ccc(F)cc2)CC1)S(C)(=O)=O. The standard InChI is InChI=1S/C21H25ClFN3O4S/c1-15(26(31(3,28)29)19-14-16(22)4-9-20(19)30-2)21(27)25-12-10-24(11-13-25)18-7-5-17(23)6-8-18/h4-9,14-15H,10-13H2,1-3H3/t15-/m0/s1. The van der Waals surface area contributed by atoms with Crippen LogP contribution in [-0.2, 0) is 14.8 Å². The number of carbonyl (C=O) groups is 1. The Bertz CT molecular complexity index is 1040. The average Bonchev–Trinajstić information content (AvgIpc) is 2.73. The fourth-order valence-electron chi connectivity index (χ4n) is 3.71. The predicted octanol–water partition coefficient (Wildman–Crippen LogP) is 2.99. The maximum Gasteiger partial charge on any atom is 0.246 e. The third-order valence-corrected chi connectivity index (χ3v) is 6.69. The number of amides is 1. The quantitative estimate of drug-likeness (QED) is 0.650. The van der Waals surface area contributed by atoms with E-state index >= 15 is 0 Å². The first-order valence-electron chi connectivity index (χ1n) is 9.74. The van der Waals surface area contributed by atoms with Gasteiger partial charge in [0.15, 0.2) is 0 Å². The maximum absolute atomic E-state index is 13.2. The molecule has 0 spiro atoms. The van der Waals surface area contributed by atoms with Crippen LogP contribution in [0.4, 0.5) is 15.8 Å². The van der Waals surface area contributed by atoms with E-state index in [1.54, 1.807) is 36.1 Å². The topological polar surface area (TPSA) is 70.2 Å². The van der Waals surface area contributed by atoms with Crippen molar-refractivity contribution in [3.63, 3.8) is 0 Å². The molecule has 1 amide bonds. The minimum absolute atomic E-state index is 0.211. The number of anilines is 2. The van der Waals surface area contributed by atoms with Crippen LogP contribution in [0.5, 0.6) is 5.75 Å². The summed E-state index contributed by atoms with van der Waals surface area (Å²) in [5.74, 6) is -0.314.